The van der Waals surface area contributed by atoms with Crippen LogP contribution in [-0.4, -0.2) is 40.1 Å². The van der Waals surface area contributed by atoms with Crippen LogP contribution in [0.15, 0.2) is 4.52 Å². The number of aliphatic carboxylic acids is 1. The van der Waals surface area contributed by atoms with E-state index in [1.807, 2.05) is 0 Å². The summed E-state index contributed by atoms with van der Waals surface area (Å²) in [6.45, 7) is 2.80. The molecule has 1 aromatic heterocycles. The molecule has 1 fully saturated rings. The number of carboxylic acids is 1. The van der Waals surface area contributed by atoms with E-state index < -0.39 is 5.97 Å². The Morgan fingerprint density at radius 1 is 1.45 bits per heavy atom. The molecule has 0 bridgehead atoms. The van der Waals surface area contributed by atoms with Gasteiger partial charge in [0.05, 0.1) is 11.6 Å². The second-order valence-electron chi connectivity index (χ2n) is 5.01. The van der Waals surface area contributed by atoms with Gasteiger partial charge in [-0.3, -0.25) is 9.59 Å². The van der Waals surface area contributed by atoms with E-state index in [0.717, 1.165) is 5.56 Å². The summed E-state index contributed by atoms with van der Waals surface area (Å²) in [6, 6.07) is 0. The van der Waals surface area contributed by atoms with Crippen LogP contribution in [0.2, 0.25) is 5.22 Å². The Hall–Kier alpha value is -1.56. The molecule has 1 aliphatic heterocycles. The SMILES string of the molecule is Cc1noc(Cl)c1CCC(=O)N1CCC(C(=O)O)CC1. The van der Waals surface area contributed by atoms with E-state index in [4.69, 9.17) is 21.2 Å². The fraction of sp³-hybridized carbons (Fsp3) is 0.615. The number of carbonyl (C=O) groups is 2. The van der Waals surface area contributed by atoms with Crippen molar-refractivity contribution in [1.29, 1.82) is 0 Å². The molecule has 1 amide bonds. The number of halogens is 1. The van der Waals surface area contributed by atoms with E-state index in [1.54, 1.807) is 11.8 Å². The molecule has 7 heteroatoms. The fourth-order valence-electron chi connectivity index (χ4n) is 2.41. The number of nitrogens with zero attached hydrogens (tertiary/aromatic N) is 2. The van der Waals surface area contributed by atoms with Crippen molar-refractivity contribution in [2.24, 2.45) is 5.92 Å². The lowest BCUT2D eigenvalue weighted by molar-refractivity contribution is -0.145. The van der Waals surface area contributed by atoms with Gasteiger partial charge in [-0.05, 0) is 37.8 Å². The second-order valence-corrected chi connectivity index (χ2v) is 5.36. The summed E-state index contributed by atoms with van der Waals surface area (Å²) < 4.78 is 4.84. The molecular weight excluding hydrogens is 284 g/mol. The normalized spacial score (nSPS) is 16.4. The summed E-state index contributed by atoms with van der Waals surface area (Å²) in [7, 11) is 0. The number of likely N-dealkylation sites (tertiary alicyclic amines) is 1. The highest BCUT2D eigenvalue weighted by Gasteiger charge is 2.27. The summed E-state index contributed by atoms with van der Waals surface area (Å²) in [5, 5.41) is 12.9. The van der Waals surface area contributed by atoms with Crippen molar-refractivity contribution < 1.29 is 19.2 Å². The molecule has 2 rings (SSSR count). The Balaban J connectivity index is 1.83. The van der Waals surface area contributed by atoms with Crippen LogP contribution in [0.3, 0.4) is 0 Å². The van der Waals surface area contributed by atoms with Crippen LogP contribution < -0.4 is 0 Å². The Kier molecular flexibility index (Phi) is 4.65. The lowest BCUT2D eigenvalue weighted by Gasteiger charge is -2.30. The van der Waals surface area contributed by atoms with Gasteiger partial charge in [-0.15, -0.1) is 0 Å². The van der Waals surface area contributed by atoms with E-state index in [-0.39, 0.29) is 17.0 Å². The lowest BCUT2D eigenvalue weighted by atomic mass is 9.97. The maximum Gasteiger partial charge on any atom is 0.306 e. The maximum atomic E-state index is 12.1. The minimum atomic E-state index is -0.774. The van der Waals surface area contributed by atoms with Crippen molar-refractivity contribution in [3.8, 4) is 0 Å². The fourth-order valence-corrected chi connectivity index (χ4v) is 2.67. The van der Waals surface area contributed by atoms with E-state index in [2.05, 4.69) is 5.16 Å². The number of hydrogen-bond acceptors (Lipinski definition) is 4. The Morgan fingerprint density at radius 3 is 2.60 bits per heavy atom. The number of piperidine rings is 1. The third-order valence-corrected chi connectivity index (χ3v) is 4.02. The molecule has 1 aromatic rings. The van der Waals surface area contributed by atoms with Crippen LogP contribution in [0, 0.1) is 12.8 Å². The molecule has 0 radical (unpaired) electrons. The van der Waals surface area contributed by atoms with Crippen molar-refractivity contribution in [2.75, 3.05) is 13.1 Å². The Bertz CT molecular complexity index is 487. The zero-order chi connectivity index (χ0) is 14.7. The second kappa shape index (κ2) is 6.26. The number of amides is 1. The van der Waals surface area contributed by atoms with Crippen LogP contribution in [-0.2, 0) is 16.0 Å². The summed E-state index contributed by atoms with van der Waals surface area (Å²) >= 11 is 5.85. The average molecular weight is 301 g/mol. The molecule has 0 atom stereocenters. The van der Waals surface area contributed by atoms with Crippen LogP contribution in [0.5, 0.6) is 0 Å². The van der Waals surface area contributed by atoms with Crippen molar-refractivity contribution in [3.05, 3.63) is 16.5 Å². The van der Waals surface area contributed by atoms with Gasteiger partial charge < -0.3 is 14.5 Å². The number of aromatic nitrogens is 1. The minimum absolute atomic E-state index is 0.0190. The van der Waals surface area contributed by atoms with Gasteiger partial charge in [-0.2, -0.15) is 0 Å². The quantitative estimate of drug-likeness (QED) is 0.918. The standard InChI is InChI=1S/C13H17ClN2O4/c1-8-10(12(14)20-15-8)2-3-11(17)16-6-4-9(5-7-16)13(18)19/h9H,2-7H2,1H3,(H,18,19). The number of hydrogen-bond donors (Lipinski definition) is 1. The molecule has 1 saturated heterocycles. The molecule has 0 saturated carbocycles. The predicted octanol–water partition coefficient (Wildman–Crippen LogP) is 1.89. The van der Waals surface area contributed by atoms with Gasteiger partial charge in [-0.25, -0.2) is 0 Å². The van der Waals surface area contributed by atoms with Gasteiger partial charge in [0.25, 0.3) is 0 Å². The molecular formula is C13H17ClN2O4. The molecule has 20 heavy (non-hydrogen) atoms. The van der Waals surface area contributed by atoms with Gasteiger partial charge in [0.15, 0.2) is 0 Å². The van der Waals surface area contributed by atoms with Gasteiger partial charge in [0.2, 0.25) is 11.1 Å². The largest absolute Gasteiger partial charge is 0.481 e. The van der Waals surface area contributed by atoms with Gasteiger partial charge in [0.1, 0.15) is 0 Å². The van der Waals surface area contributed by atoms with Crippen molar-refractivity contribution >= 4 is 23.5 Å². The topological polar surface area (TPSA) is 83.6 Å². The van der Waals surface area contributed by atoms with Crippen molar-refractivity contribution in [2.45, 2.75) is 32.6 Å². The zero-order valence-electron chi connectivity index (χ0n) is 11.3. The van der Waals surface area contributed by atoms with Crippen molar-refractivity contribution in [1.82, 2.24) is 10.1 Å². The Morgan fingerprint density at radius 2 is 2.10 bits per heavy atom. The van der Waals surface area contributed by atoms with E-state index in [9.17, 15) is 9.59 Å². The van der Waals surface area contributed by atoms with Crippen LogP contribution >= 0.6 is 11.6 Å². The molecule has 0 aliphatic carbocycles. The highest BCUT2D eigenvalue weighted by atomic mass is 35.5. The molecule has 1 N–H and O–H groups in total. The van der Waals surface area contributed by atoms with Gasteiger partial charge in [0, 0.05) is 25.1 Å². The smallest absolute Gasteiger partial charge is 0.306 e. The molecule has 1 aliphatic rings. The molecule has 0 spiro atoms. The Labute approximate surface area is 121 Å². The average Bonchev–Trinajstić information content (AvgIpc) is 2.75. The molecule has 0 unspecified atom stereocenters. The van der Waals surface area contributed by atoms with E-state index >= 15 is 0 Å². The molecule has 2 heterocycles. The first-order valence-electron chi connectivity index (χ1n) is 6.60. The third kappa shape index (κ3) is 3.30. The third-order valence-electron chi connectivity index (χ3n) is 3.72. The summed E-state index contributed by atoms with van der Waals surface area (Å²) in [6.07, 6.45) is 1.87. The molecule has 6 nitrogen and oxygen atoms in total. The lowest BCUT2D eigenvalue weighted by Crippen LogP contribution is -2.40. The van der Waals surface area contributed by atoms with Gasteiger partial charge in [-0.1, -0.05) is 5.16 Å². The number of aryl methyl sites for hydroxylation is 1. The maximum absolute atomic E-state index is 12.1. The first-order chi connectivity index (χ1) is 9.49. The van der Waals surface area contributed by atoms with Crippen molar-refractivity contribution in [3.63, 3.8) is 0 Å². The molecule has 0 aromatic carbocycles. The monoisotopic (exact) mass is 300 g/mol. The predicted molar refractivity (Wildman–Crippen MR) is 71.5 cm³/mol. The van der Waals surface area contributed by atoms with E-state index in [1.165, 1.54) is 0 Å². The van der Waals surface area contributed by atoms with Gasteiger partial charge >= 0.3 is 5.97 Å². The summed E-state index contributed by atoms with van der Waals surface area (Å²) in [5.41, 5.74) is 1.47. The number of carboxylic acid groups (broad SMARTS) is 1. The van der Waals surface area contributed by atoms with Crippen LogP contribution in [0.4, 0.5) is 0 Å². The first-order valence-corrected chi connectivity index (χ1v) is 6.98. The highest BCUT2D eigenvalue weighted by molar-refractivity contribution is 6.29. The molecule has 110 valence electrons. The summed E-state index contributed by atoms with van der Waals surface area (Å²) in [4.78, 5) is 24.6. The van der Waals surface area contributed by atoms with Crippen LogP contribution in [0.1, 0.15) is 30.5 Å². The number of rotatable bonds is 4. The van der Waals surface area contributed by atoms with E-state index in [0.29, 0.717) is 44.5 Å². The highest BCUT2D eigenvalue weighted by Crippen LogP contribution is 2.22. The van der Waals surface area contributed by atoms with Crippen LogP contribution in [0.25, 0.3) is 0 Å². The number of carbonyl (C=O) groups excluding carboxylic acids is 1. The zero-order valence-corrected chi connectivity index (χ0v) is 12.0. The first kappa shape index (κ1) is 14.8. The minimum Gasteiger partial charge on any atom is -0.481 e. The summed E-state index contributed by atoms with van der Waals surface area (Å²) in [5.74, 6) is -1.08.